The highest BCUT2D eigenvalue weighted by molar-refractivity contribution is 7.92. The lowest BCUT2D eigenvalue weighted by Crippen LogP contribution is -2.15. The fourth-order valence-corrected chi connectivity index (χ4v) is 3.14. The molecule has 1 heterocycles. The number of esters is 1. The summed E-state index contributed by atoms with van der Waals surface area (Å²) in [5.74, 6) is -0.234. The summed E-state index contributed by atoms with van der Waals surface area (Å²) in [6.45, 7) is 1.78. The van der Waals surface area contributed by atoms with Crippen LogP contribution in [-0.2, 0) is 14.8 Å². The van der Waals surface area contributed by atoms with Crippen molar-refractivity contribution in [2.45, 2.75) is 11.8 Å². The zero-order valence-corrected chi connectivity index (χ0v) is 13.7. The molecule has 8 heteroatoms. The van der Waals surface area contributed by atoms with Crippen LogP contribution in [0.3, 0.4) is 0 Å². The second kappa shape index (κ2) is 6.66. The van der Waals surface area contributed by atoms with Crippen LogP contribution in [0.25, 0.3) is 0 Å². The van der Waals surface area contributed by atoms with Crippen LogP contribution in [0.4, 0.5) is 5.82 Å². The molecule has 23 heavy (non-hydrogen) atoms. The third-order valence-electron chi connectivity index (χ3n) is 3.03. The topological polar surface area (TPSA) is 94.6 Å². The van der Waals surface area contributed by atoms with E-state index in [1.165, 1.54) is 38.6 Å². The Hall–Kier alpha value is -2.61. The monoisotopic (exact) mass is 336 g/mol. The molecular formula is C15H16N2O5S. The number of anilines is 1. The van der Waals surface area contributed by atoms with Crippen molar-refractivity contribution in [1.82, 2.24) is 4.98 Å². The van der Waals surface area contributed by atoms with Gasteiger partial charge in [-0.25, -0.2) is 18.2 Å². The van der Waals surface area contributed by atoms with E-state index in [0.717, 1.165) is 5.56 Å². The standard InChI is InChI=1S/C15H16N2O5S/c1-10-4-6-12(21-2)13(8-10)23(19,20)17-14-7-5-11(9-16-14)15(18)22-3/h4-9H,1-3H3,(H,16,17). The van der Waals surface area contributed by atoms with E-state index in [-0.39, 0.29) is 22.0 Å². The zero-order chi connectivity index (χ0) is 17.0. The summed E-state index contributed by atoms with van der Waals surface area (Å²) >= 11 is 0. The van der Waals surface area contributed by atoms with Crippen LogP contribution in [0.5, 0.6) is 5.75 Å². The molecule has 0 saturated carbocycles. The van der Waals surface area contributed by atoms with Gasteiger partial charge in [-0.05, 0) is 36.8 Å². The number of pyridine rings is 1. The normalized spacial score (nSPS) is 10.9. The summed E-state index contributed by atoms with van der Waals surface area (Å²) in [5.41, 5.74) is 1.00. The number of hydrogen-bond acceptors (Lipinski definition) is 6. The van der Waals surface area contributed by atoms with E-state index in [9.17, 15) is 13.2 Å². The molecule has 7 nitrogen and oxygen atoms in total. The Kier molecular flexibility index (Phi) is 4.85. The predicted octanol–water partition coefficient (Wildman–Crippen LogP) is 1.99. The average Bonchev–Trinajstić information content (AvgIpc) is 2.54. The van der Waals surface area contributed by atoms with Crippen molar-refractivity contribution >= 4 is 21.8 Å². The highest BCUT2D eigenvalue weighted by atomic mass is 32.2. The van der Waals surface area contributed by atoms with Crippen molar-refractivity contribution in [1.29, 1.82) is 0 Å². The maximum Gasteiger partial charge on any atom is 0.339 e. The van der Waals surface area contributed by atoms with Gasteiger partial charge in [0.15, 0.2) is 0 Å². The number of hydrogen-bond donors (Lipinski definition) is 1. The molecule has 0 atom stereocenters. The third-order valence-corrected chi connectivity index (χ3v) is 4.41. The van der Waals surface area contributed by atoms with Gasteiger partial charge in [0.25, 0.3) is 10.0 Å². The number of sulfonamides is 1. The molecule has 0 unspecified atom stereocenters. The molecule has 0 bridgehead atoms. The van der Waals surface area contributed by atoms with E-state index in [1.54, 1.807) is 19.1 Å². The van der Waals surface area contributed by atoms with E-state index in [2.05, 4.69) is 14.4 Å². The van der Waals surface area contributed by atoms with Crippen LogP contribution in [-0.4, -0.2) is 33.6 Å². The second-order valence-corrected chi connectivity index (χ2v) is 6.33. The number of aromatic nitrogens is 1. The molecule has 0 aliphatic heterocycles. The first kappa shape index (κ1) is 16.8. The number of carbonyl (C=O) groups is 1. The minimum absolute atomic E-state index is 0.0128. The highest BCUT2D eigenvalue weighted by Gasteiger charge is 2.20. The van der Waals surface area contributed by atoms with Crippen molar-refractivity contribution in [2.75, 3.05) is 18.9 Å². The molecule has 2 aromatic rings. The van der Waals surface area contributed by atoms with Crippen molar-refractivity contribution in [3.8, 4) is 5.75 Å². The minimum Gasteiger partial charge on any atom is -0.495 e. The lowest BCUT2D eigenvalue weighted by molar-refractivity contribution is 0.0600. The fraction of sp³-hybridized carbons (Fsp3) is 0.200. The Morgan fingerprint density at radius 2 is 1.91 bits per heavy atom. The smallest absolute Gasteiger partial charge is 0.339 e. The van der Waals surface area contributed by atoms with Gasteiger partial charge in [0.2, 0.25) is 0 Å². The van der Waals surface area contributed by atoms with Gasteiger partial charge in [-0.2, -0.15) is 0 Å². The summed E-state index contributed by atoms with van der Waals surface area (Å²) in [5, 5.41) is 0. The average molecular weight is 336 g/mol. The number of carbonyl (C=O) groups excluding carboxylic acids is 1. The Balaban J connectivity index is 2.31. The van der Waals surface area contributed by atoms with E-state index in [4.69, 9.17) is 4.74 Å². The van der Waals surface area contributed by atoms with Gasteiger partial charge < -0.3 is 9.47 Å². The van der Waals surface area contributed by atoms with Crippen molar-refractivity contribution < 1.29 is 22.7 Å². The largest absolute Gasteiger partial charge is 0.495 e. The maximum absolute atomic E-state index is 12.5. The summed E-state index contributed by atoms with van der Waals surface area (Å²) in [6, 6.07) is 7.64. The van der Waals surface area contributed by atoms with Crippen molar-refractivity contribution in [3.63, 3.8) is 0 Å². The molecule has 0 amide bonds. The molecule has 0 radical (unpaired) electrons. The lowest BCUT2D eigenvalue weighted by Gasteiger charge is -2.12. The number of ether oxygens (including phenoxy) is 2. The van der Waals surface area contributed by atoms with Crippen molar-refractivity contribution in [2.24, 2.45) is 0 Å². The van der Waals surface area contributed by atoms with Crippen LogP contribution in [0, 0.1) is 6.92 Å². The molecular weight excluding hydrogens is 320 g/mol. The van der Waals surface area contributed by atoms with E-state index < -0.39 is 16.0 Å². The first-order chi connectivity index (χ1) is 10.9. The highest BCUT2D eigenvalue weighted by Crippen LogP contribution is 2.26. The molecule has 122 valence electrons. The Bertz CT molecular complexity index is 816. The second-order valence-electron chi connectivity index (χ2n) is 4.68. The zero-order valence-electron chi connectivity index (χ0n) is 12.9. The van der Waals surface area contributed by atoms with Gasteiger partial charge >= 0.3 is 5.97 Å². The Morgan fingerprint density at radius 3 is 2.48 bits per heavy atom. The Labute approximate surface area is 134 Å². The summed E-state index contributed by atoms with van der Waals surface area (Å²) in [6.07, 6.45) is 1.23. The van der Waals surface area contributed by atoms with Gasteiger partial charge in [-0.15, -0.1) is 0 Å². The molecule has 1 N–H and O–H groups in total. The van der Waals surface area contributed by atoms with Gasteiger partial charge in [-0.1, -0.05) is 6.07 Å². The van der Waals surface area contributed by atoms with Crippen LogP contribution in [0.15, 0.2) is 41.4 Å². The molecule has 1 aromatic carbocycles. The van der Waals surface area contributed by atoms with E-state index in [1.807, 2.05) is 0 Å². The molecule has 0 fully saturated rings. The number of rotatable bonds is 5. The molecule has 2 rings (SSSR count). The number of methoxy groups -OCH3 is 2. The quantitative estimate of drug-likeness (QED) is 0.839. The van der Waals surface area contributed by atoms with E-state index >= 15 is 0 Å². The first-order valence-corrected chi connectivity index (χ1v) is 8.07. The van der Waals surface area contributed by atoms with Crippen LogP contribution in [0.2, 0.25) is 0 Å². The molecule has 1 aromatic heterocycles. The number of benzene rings is 1. The maximum atomic E-state index is 12.5. The van der Waals surface area contributed by atoms with Crippen LogP contribution >= 0.6 is 0 Å². The molecule has 0 aliphatic carbocycles. The van der Waals surface area contributed by atoms with Gasteiger partial charge in [0.05, 0.1) is 19.8 Å². The number of nitrogens with one attached hydrogen (secondary N) is 1. The van der Waals surface area contributed by atoms with Crippen LogP contribution in [0.1, 0.15) is 15.9 Å². The van der Waals surface area contributed by atoms with Gasteiger partial charge in [0.1, 0.15) is 16.5 Å². The van der Waals surface area contributed by atoms with Crippen molar-refractivity contribution in [3.05, 3.63) is 47.7 Å². The Morgan fingerprint density at radius 1 is 1.17 bits per heavy atom. The minimum atomic E-state index is -3.87. The van der Waals surface area contributed by atoms with Gasteiger partial charge in [-0.3, -0.25) is 4.72 Å². The van der Waals surface area contributed by atoms with Gasteiger partial charge in [0, 0.05) is 6.20 Å². The predicted molar refractivity (Wildman–Crippen MR) is 84.1 cm³/mol. The number of aryl methyl sites for hydroxylation is 1. The molecule has 0 spiro atoms. The van der Waals surface area contributed by atoms with Crippen LogP contribution < -0.4 is 9.46 Å². The summed E-state index contributed by atoms with van der Waals surface area (Å²) in [4.78, 5) is 15.3. The first-order valence-electron chi connectivity index (χ1n) is 6.59. The van der Waals surface area contributed by atoms with E-state index in [0.29, 0.717) is 0 Å². The lowest BCUT2D eigenvalue weighted by atomic mass is 10.2. The SMILES string of the molecule is COC(=O)c1ccc(NS(=O)(=O)c2cc(C)ccc2OC)nc1. The fourth-order valence-electron chi connectivity index (χ4n) is 1.88. The number of nitrogens with zero attached hydrogens (tertiary/aromatic N) is 1. The summed E-state index contributed by atoms with van der Waals surface area (Å²) < 4.78 is 37.0. The summed E-state index contributed by atoms with van der Waals surface area (Å²) in [7, 11) is -1.22. The third kappa shape index (κ3) is 3.78. The molecule has 0 saturated heterocycles. The molecule has 0 aliphatic rings.